The summed E-state index contributed by atoms with van der Waals surface area (Å²) >= 11 is 5.90. The van der Waals surface area contributed by atoms with Crippen LogP contribution < -0.4 is 15.2 Å². The maximum absolute atomic E-state index is 12.8. The summed E-state index contributed by atoms with van der Waals surface area (Å²) < 4.78 is 87.9. The number of alkyl halides is 3. The fourth-order valence-corrected chi connectivity index (χ4v) is 4.26. The largest absolute Gasteiger partial charge is 0.426 e. The van der Waals surface area contributed by atoms with E-state index in [-0.39, 0.29) is 40.4 Å². The molecule has 5 N–H and O–H groups in total. The maximum Gasteiger partial charge on any atom is 0.426 e. The highest BCUT2D eigenvalue weighted by Crippen LogP contribution is 2.32. The van der Waals surface area contributed by atoms with Crippen LogP contribution in [0.2, 0.25) is 5.02 Å². The number of benzene rings is 2. The second-order valence-electron chi connectivity index (χ2n) is 7.00. The molecule has 1 amide bonds. The Morgan fingerprint density at radius 3 is 2.09 bits per heavy atom. The van der Waals surface area contributed by atoms with E-state index in [4.69, 9.17) is 16.7 Å². The predicted molar refractivity (Wildman–Crippen MR) is 113 cm³/mol. The summed E-state index contributed by atoms with van der Waals surface area (Å²) in [5, 5.41) is 15.8. The van der Waals surface area contributed by atoms with Crippen LogP contribution in [0.5, 0.6) is 0 Å². The Labute approximate surface area is 192 Å². The molecule has 0 aromatic heterocycles. The smallest absolute Gasteiger partial charge is 0.373 e. The van der Waals surface area contributed by atoms with Gasteiger partial charge >= 0.3 is 6.18 Å². The Morgan fingerprint density at radius 1 is 1.06 bits per heavy atom. The first kappa shape index (κ1) is 27.0. The number of hydrogen-bond acceptors (Lipinski definition) is 6. The molecule has 2 aromatic rings. The van der Waals surface area contributed by atoms with Crippen molar-refractivity contribution in [2.24, 2.45) is 5.14 Å². The minimum Gasteiger partial charge on any atom is -0.373 e. The van der Waals surface area contributed by atoms with Crippen LogP contribution in [0.1, 0.15) is 12.5 Å². The Hall–Kier alpha value is -2.23. The molecule has 0 spiro atoms. The molecule has 0 bridgehead atoms. The van der Waals surface area contributed by atoms with Gasteiger partial charge in [0, 0.05) is 6.54 Å². The van der Waals surface area contributed by atoms with Gasteiger partial charge in [-0.15, -0.1) is 0 Å². The molecule has 0 saturated heterocycles. The number of aliphatic hydroxyl groups is 1. The summed E-state index contributed by atoms with van der Waals surface area (Å²) in [6.45, 7) is 0.198. The van der Waals surface area contributed by atoms with Gasteiger partial charge in [0.2, 0.25) is 25.6 Å². The average Bonchev–Trinajstić information content (AvgIpc) is 2.68. The van der Waals surface area contributed by atoms with Gasteiger partial charge < -0.3 is 10.4 Å². The van der Waals surface area contributed by atoms with Gasteiger partial charge in [-0.3, -0.25) is 4.79 Å². The second kappa shape index (κ2) is 9.56. The van der Waals surface area contributed by atoms with Crippen LogP contribution in [-0.2, 0) is 31.3 Å². The van der Waals surface area contributed by atoms with Crippen molar-refractivity contribution < 1.29 is 39.9 Å². The fourth-order valence-electron chi connectivity index (χ4n) is 2.40. The highest BCUT2D eigenvalue weighted by atomic mass is 35.5. The first-order chi connectivity index (χ1) is 14.9. The third kappa shape index (κ3) is 6.65. The van der Waals surface area contributed by atoms with Gasteiger partial charge in [-0.05, 0) is 49.2 Å². The van der Waals surface area contributed by atoms with Crippen molar-refractivity contribution in [2.75, 3.05) is 11.9 Å². The lowest BCUT2D eigenvalue weighted by atomic mass is 10.1. The number of anilines is 1. The maximum atomic E-state index is 12.8. The molecule has 0 radical (unpaired) electrons. The lowest BCUT2D eigenvalue weighted by Crippen LogP contribution is -2.52. The third-order valence-corrected chi connectivity index (χ3v) is 7.15. The molecule has 15 heteroatoms. The van der Waals surface area contributed by atoms with Gasteiger partial charge in [0.05, 0.1) is 20.5 Å². The quantitative estimate of drug-likeness (QED) is 0.408. The minimum absolute atomic E-state index is 0.0678. The zero-order chi connectivity index (χ0) is 25.2. The number of carbonyl (C=O) groups excluding carboxylic acids is 1. The molecule has 0 fully saturated rings. The first-order valence-electron chi connectivity index (χ1n) is 8.96. The van der Waals surface area contributed by atoms with Crippen LogP contribution in [0.3, 0.4) is 0 Å². The van der Waals surface area contributed by atoms with E-state index >= 15 is 0 Å². The van der Waals surface area contributed by atoms with E-state index in [0.29, 0.717) is 5.56 Å². The zero-order valence-electron chi connectivity index (χ0n) is 16.8. The van der Waals surface area contributed by atoms with E-state index in [9.17, 15) is 39.9 Å². The van der Waals surface area contributed by atoms with Crippen molar-refractivity contribution in [3.05, 3.63) is 53.1 Å². The lowest BCUT2D eigenvalue weighted by molar-refractivity contribution is -0.242. The van der Waals surface area contributed by atoms with Gasteiger partial charge in [-0.1, -0.05) is 23.7 Å². The van der Waals surface area contributed by atoms with Crippen LogP contribution in [0, 0.1) is 0 Å². The Morgan fingerprint density at radius 2 is 1.61 bits per heavy atom. The molecule has 2 aromatic carbocycles. The van der Waals surface area contributed by atoms with Crippen LogP contribution in [0.15, 0.2) is 52.3 Å². The zero-order valence-corrected chi connectivity index (χ0v) is 19.2. The Kier molecular flexibility index (Phi) is 7.83. The number of sulfonamides is 2. The molecule has 0 heterocycles. The molecule has 33 heavy (non-hydrogen) atoms. The first-order valence-corrected chi connectivity index (χ1v) is 12.4. The van der Waals surface area contributed by atoms with E-state index in [0.717, 1.165) is 18.2 Å². The molecule has 1 atom stereocenters. The molecular weight excluding hydrogens is 511 g/mol. The highest BCUT2D eigenvalue weighted by molar-refractivity contribution is 7.89. The van der Waals surface area contributed by atoms with Crippen LogP contribution >= 0.6 is 11.6 Å². The second-order valence-corrected chi connectivity index (χ2v) is 10.7. The highest BCUT2D eigenvalue weighted by Gasteiger charge is 2.55. The van der Waals surface area contributed by atoms with E-state index < -0.39 is 37.7 Å². The van der Waals surface area contributed by atoms with E-state index in [1.54, 1.807) is 0 Å². The van der Waals surface area contributed by atoms with Gasteiger partial charge in [-0.25, -0.2) is 26.7 Å². The summed E-state index contributed by atoms with van der Waals surface area (Å²) in [6, 6.07) is 8.41. The topological polar surface area (TPSA) is 156 Å². The van der Waals surface area contributed by atoms with E-state index in [2.05, 4.69) is 4.72 Å². The number of amides is 1. The Bertz CT molecular complexity index is 1250. The van der Waals surface area contributed by atoms with Crippen LogP contribution in [0.4, 0.5) is 18.9 Å². The number of halogens is 4. The molecular formula is C18H19ClF3N3O6S2. The Balaban J connectivity index is 2.06. The number of nitrogens with two attached hydrogens (primary N) is 1. The standard InChI is InChI=1S/C18H19ClF3N3O6S2/c1-17(27,18(20,21)22)16(26)25-15-7-6-13(10-14(15)19)33(30,31)24-9-8-11-2-4-12(5-3-11)32(23,28)29/h2-7,10,24,27H,8-9H2,1H3,(H,25,26)(H2,23,28,29). The molecule has 0 aliphatic heterocycles. The summed E-state index contributed by atoms with van der Waals surface area (Å²) in [6.07, 6.45) is -5.03. The van der Waals surface area contributed by atoms with Crippen molar-refractivity contribution in [1.29, 1.82) is 0 Å². The summed E-state index contributed by atoms with van der Waals surface area (Å²) in [7, 11) is -7.92. The fraction of sp³-hybridized carbons (Fsp3) is 0.278. The molecule has 1 unspecified atom stereocenters. The van der Waals surface area contributed by atoms with Crippen molar-refractivity contribution in [1.82, 2.24) is 4.72 Å². The monoisotopic (exact) mass is 529 g/mol. The minimum atomic E-state index is -5.24. The summed E-state index contributed by atoms with van der Waals surface area (Å²) in [5.74, 6) is -1.79. The van der Waals surface area contributed by atoms with Crippen LogP contribution in [0.25, 0.3) is 0 Å². The molecule has 0 aliphatic rings. The van der Waals surface area contributed by atoms with Gasteiger partial charge in [-0.2, -0.15) is 13.2 Å². The summed E-state index contributed by atoms with van der Waals surface area (Å²) in [4.78, 5) is 11.3. The number of rotatable bonds is 8. The molecule has 0 aliphatic carbocycles. The SMILES string of the molecule is CC(O)(C(=O)Nc1ccc(S(=O)(=O)NCCc2ccc(S(N)(=O)=O)cc2)cc1Cl)C(F)(F)F. The van der Waals surface area contributed by atoms with E-state index in [1.165, 1.54) is 24.3 Å². The van der Waals surface area contributed by atoms with Gasteiger partial charge in [0.1, 0.15) is 0 Å². The summed E-state index contributed by atoms with van der Waals surface area (Å²) in [5.41, 5.74) is -3.40. The predicted octanol–water partition coefficient (Wildman–Crippen LogP) is 1.76. The van der Waals surface area contributed by atoms with Crippen molar-refractivity contribution >= 4 is 43.2 Å². The molecule has 2 rings (SSSR count). The number of nitrogens with one attached hydrogen (secondary N) is 2. The van der Waals surface area contributed by atoms with E-state index in [1.807, 2.05) is 5.32 Å². The lowest BCUT2D eigenvalue weighted by Gasteiger charge is -2.25. The van der Waals surface area contributed by atoms with Gasteiger partial charge in [0.15, 0.2) is 0 Å². The molecule has 182 valence electrons. The third-order valence-electron chi connectivity index (χ3n) is 4.45. The van der Waals surface area contributed by atoms with Gasteiger partial charge in [0.25, 0.3) is 5.91 Å². The van der Waals surface area contributed by atoms with Crippen LogP contribution in [-0.4, -0.2) is 46.2 Å². The molecule has 9 nitrogen and oxygen atoms in total. The molecule has 0 saturated carbocycles. The number of carbonyl (C=O) groups is 1. The van der Waals surface area contributed by atoms with Crippen molar-refractivity contribution in [2.45, 2.75) is 34.9 Å². The average molecular weight is 530 g/mol. The normalized spacial score (nSPS) is 14.5. The number of hydrogen-bond donors (Lipinski definition) is 4. The number of primary sulfonamides is 1. The van der Waals surface area contributed by atoms with Crippen molar-refractivity contribution in [3.8, 4) is 0 Å². The van der Waals surface area contributed by atoms with Crippen molar-refractivity contribution in [3.63, 3.8) is 0 Å².